The number of nitrogens with one attached hydrogen (secondary N) is 1. The Morgan fingerprint density at radius 1 is 1.60 bits per heavy atom. The Morgan fingerprint density at radius 3 is 2.70 bits per heavy atom. The molecule has 1 heterocycles. The van der Waals surface area contributed by atoms with Crippen LogP contribution >= 0.6 is 34.5 Å². The van der Waals surface area contributed by atoms with Crippen LogP contribution in [0.5, 0.6) is 0 Å². The minimum atomic E-state index is -0.558. The molecule has 56 valence electrons. The van der Waals surface area contributed by atoms with Crippen molar-refractivity contribution in [1.82, 2.24) is 5.48 Å². The molecule has 1 aromatic heterocycles. The van der Waals surface area contributed by atoms with E-state index in [1.54, 1.807) is 12.1 Å². The number of alkyl halides is 1. The van der Waals surface area contributed by atoms with E-state index in [0.717, 1.165) is 4.88 Å². The predicted octanol–water partition coefficient (Wildman–Crippen LogP) is 2.62. The second-order valence-electron chi connectivity index (χ2n) is 1.63. The van der Waals surface area contributed by atoms with Crippen LogP contribution in [-0.2, 0) is 0 Å². The molecule has 5 heteroatoms. The number of hydroxylamine groups is 1. The number of halogens is 2. The van der Waals surface area contributed by atoms with Crippen molar-refractivity contribution < 1.29 is 5.21 Å². The molecule has 0 amide bonds. The first kappa shape index (κ1) is 8.30. The summed E-state index contributed by atoms with van der Waals surface area (Å²) in [4.78, 5) is 0.800. The first-order valence-electron chi connectivity index (χ1n) is 2.53. The molecular weight excluding hydrogens is 193 g/mol. The smallest absolute Gasteiger partial charge is 0.140 e. The maximum Gasteiger partial charge on any atom is 0.140 e. The summed E-state index contributed by atoms with van der Waals surface area (Å²) in [6.45, 7) is 0. The lowest BCUT2D eigenvalue weighted by molar-refractivity contribution is 0.156. The number of hydrogen-bond donors (Lipinski definition) is 2. The van der Waals surface area contributed by atoms with E-state index in [2.05, 4.69) is 0 Å². The molecule has 0 aliphatic rings. The maximum atomic E-state index is 8.38. The van der Waals surface area contributed by atoms with E-state index in [4.69, 9.17) is 28.4 Å². The average molecular weight is 198 g/mol. The zero-order chi connectivity index (χ0) is 7.56. The normalized spacial score (nSPS) is 13.5. The zero-order valence-corrected chi connectivity index (χ0v) is 7.17. The van der Waals surface area contributed by atoms with Gasteiger partial charge in [0.1, 0.15) is 5.50 Å². The largest absolute Gasteiger partial charge is 0.315 e. The lowest BCUT2D eigenvalue weighted by Crippen LogP contribution is -2.08. The van der Waals surface area contributed by atoms with E-state index in [9.17, 15) is 0 Å². The molecule has 10 heavy (non-hydrogen) atoms. The summed E-state index contributed by atoms with van der Waals surface area (Å²) in [6.07, 6.45) is 0. The molecule has 0 radical (unpaired) electrons. The maximum absolute atomic E-state index is 8.38. The van der Waals surface area contributed by atoms with E-state index in [1.165, 1.54) is 11.3 Å². The molecule has 0 bridgehead atoms. The van der Waals surface area contributed by atoms with Gasteiger partial charge in [-0.1, -0.05) is 23.2 Å². The molecule has 2 N–H and O–H groups in total. The van der Waals surface area contributed by atoms with Gasteiger partial charge in [0.2, 0.25) is 0 Å². The van der Waals surface area contributed by atoms with Crippen molar-refractivity contribution in [3.63, 3.8) is 0 Å². The summed E-state index contributed by atoms with van der Waals surface area (Å²) >= 11 is 12.5. The fraction of sp³-hybridized carbons (Fsp3) is 0.200. The molecule has 0 saturated heterocycles. The fourth-order valence-corrected chi connectivity index (χ4v) is 1.72. The van der Waals surface area contributed by atoms with Crippen molar-refractivity contribution in [2.75, 3.05) is 0 Å². The van der Waals surface area contributed by atoms with Crippen molar-refractivity contribution in [3.05, 3.63) is 21.3 Å². The average Bonchev–Trinajstić information content (AvgIpc) is 2.34. The van der Waals surface area contributed by atoms with E-state index in [0.29, 0.717) is 4.34 Å². The van der Waals surface area contributed by atoms with Crippen LogP contribution in [0.3, 0.4) is 0 Å². The third kappa shape index (κ3) is 1.84. The Hall–Kier alpha value is 0.200. The van der Waals surface area contributed by atoms with Crippen LogP contribution in [-0.4, -0.2) is 5.21 Å². The molecule has 1 rings (SSSR count). The minimum absolute atomic E-state index is 0.558. The highest BCUT2D eigenvalue weighted by Crippen LogP contribution is 2.28. The minimum Gasteiger partial charge on any atom is -0.315 e. The second kappa shape index (κ2) is 3.55. The molecule has 0 spiro atoms. The number of rotatable bonds is 2. The summed E-state index contributed by atoms with van der Waals surface area (Å²) in [6, 6.07) is 3.49. The highest BCUT2D eigenvalue weighted by molar-refractivity contribution is 7.16. The van der Waals surface area contributed by atoms with Gasteiger partial charge in [-0.25, -0.2) is 0 Å². The van der Waals surface area contributed by atoms with Gasteiger partial charge >= 0.3 is 0 Å². The van der Waals surface area contributed by atoms with Gasteiger partial charge < -0.3 is 5.21 Å². The summed E-state index contributed by atoms with van der Waals surface area (Å²) in [7, 11) is 0. The molecule has 0 fully saturated rings. The Kier molecular flexibility index (Phi) is 2.95. The first-order valence-corrected chi connectivity index (χ1v) is 4.16. The molecule has 0 aliphatic carbocycles. The molecule has 1 atom stereocenters. The van der Waals surface area contributed by atoms with Crippen molar-refractivity contribution >= 4 is 34.5 Å². The lowest BCUT2D eigenvalue weighted by Gasteiger charge is -2.00. The van der Waals surface area contributed by atoms with Crippen molar-refractivity contribution in [2.24, 2.45) is 0 Å². The standard InChI is InChI=1S/C5H5Cl2NOS/c6-4-2-1-3(10-4)5(7)8-9/h1-2,5,8-9H. The SMILES string of the molecule is ONC(Cl)c1ccc(Cl)s1. The van der Waals surface area contributed by atoms with Gasteiger partial charge in [-0.05, 0) is 12.1 Å². The van der Waals surface area contributed by atoms with Crippen LogP contribution in [0.25, 0.3) is 0 Å². The summed E-state index contributed by atoms with van der Waals surface area (Å²) in [5.74, 6) is 0. The highest BCUT2D eigenvalue weighted by Gasteiger charge is 2.07. The van der Waals surface area contributed by atoms with Crippen LogP contribution in [0.4, 0.5) is 0 Å². The molecule has 0 aromatic carbocycles. The third-order valence-electron chi connectivity index (χ3n) is 0.957. The van der Waals surface area contributed by atoms with Gasteiger partial charge in [0.25, 0.3) is 0 Å². The van der Waals surface area contributed by atoms with Gasteiger partial charge in [-0.2, -0.15) is 5.48 Å². The molecule has 1 unspecified atom stereocenters. The van der Waals surface area contributed by atoms with Crippen LogP contribution in [0.15, 0.2) is 12.1 Å². The number of thiophene rings is 1. The Balaban J connectivity index is 2.74. The zero-order valence-electron chi connectivity index (χ0n) is 4.84. The third-order valence-corrected chi connectivity index (χ3v) is 2.72. The van der Waals surface area contributed by atoms with Gasteiger partial charge in [0, 0.05) is 4.88 Å². The Bertz CT molecular complexity index is 215. The van der Waals surface area contributed by atoms with Gasteiger partial charge in [-0.15, -0.1) is 11.3 Å². The molecule has 2 nitrogen and oxygen atoms in total. The van der Waals surface area contributed by atoms with Crippen LogP contribution in [0.2, 0.25) is 4.34 Å². The first-order chi connectivity index (χ1) is 4.74. The van der Waals surface area contributed by atoms with Gasteiger partial charge in [-0.3, -0.25) is 0 Å². The van der Waals surface area contributed by atoms with Crippen LogP contribution in [0, 0.1) is 0 Å². The second-order valence-corrected chi connectivity index (χ2v) is 3.82. The summed E-state index contributed by atoms with van der Waals surface area (Å²) in [5, 5.41) is 8.38. The van der Waals surface area contributed by atoms with Crippen molar-refractivity contribution in [2.45, 2.75) is 5.50 Å². The van der Waals surface area contributed by atoms with E-state index in [1.807, 2.05) is 5.48 Å². The van der Waals surface area contributed by atoms with Crippen molar-refractivity contribution in [3.8, 4) is 0 Å². The van der Waals surface area contributed by atoms with Gasteiger partial charge in [0.05, 0.1) is 4.34 Å². The fourth-order valence-electron chi connectivity index (χ4n) is 0.528. The van der Waals surface area contributed by atoms with Gasteiger partial charge in [0.15, 0.2) is 0 Å². The quantitative estimate of drug-likeness (QED) is 0.435. The van der Waals surface area contributed by atoms with Crippen molar-refractivity contribution in [1.29, 1.82) is 0 Å². The number of hydrogen-bond acceptors (Lipinski definition) is 3. The monoisotopic (exact) mass is 197 g/mol. The summed E-state index contributed by atoms with van der Waals surface area (Å²) in [5.41, 5.74) is 1.35. The van der Waals surface area contributed by atoms with Crippen LogP contribution < -0.4 is 5.48 Å². The Labute approximate surface area is 72.3 Å². The molecule has 0 aliphatic heterocycles. The van der Waals surface area contributed by atoms with E-state index in [-0.39, 0.29) is 0 Å². The van der Waals surface area contributed by atoms with E-state index < -0.39 is 5.50 Å². The topological polar surface area (TPSA) is 32.3 Å². The molecule has 1 aromatic rings. The molecule has 0 saturated carbocycles. The highest BCUT2D eigenvalue weighted by atomic mass is 35.5. The van der Waals surface area contributed by atoms with E-state index >= 15 is 0 Å². The Morgan fingerprint density at radius 2 is 2.30 bits per heavy atom. The van der Waals surface area contributed by atoms with Crippen LogP contribution in [0.1, 0.15) is 10.4 Å². The summed E-state index contributed by atoms with van der Waals surface area (Å²) < 4.78 is 0.663. The molecular formula is C5H5Cl2NOS. The predicted molar refractivity (Wildman–Crippen MR) is 42.8 cm³/mol. The lowest BCUT2D eigenvalue weighted by atomic mass is 10.5.